The highest BCUT2D eigenvalue weighted by atomic mass is 16.5. The maximum Gasteiger partial charge on any atom is 0.325 e. The topological polar surface area (TPSA) is 91.7 Å². The number of carbonyl (C=O) groups is 2. The van der Waals surface area contributed by atoms with Gasteiger partial charge >= 0.3 is 5.97 Å². The Labute approximate surface area is 226 Å². The molecule has 0 bridgehead atoms. The molecule has 0 aliphatic carbocycles. The van der Waals surface area contributed by atoms with Crippen LogP contribution < -0.4 is 5.32 Å². The first-order valence-corrected chi connectivity index (χ1v) is 13.6. The van der Waals surface area contributed by atoms with Crippen LogP contribution in [-0.2, 0) is 36.9 Å². The maximum absolute atomic E-state index is 12.5. The van der Waals surface area contributed by atoms with Crippen molar-refractivity contribution in [2.75, 3.05) is 33.5 Å². The number of ketones is 1. The van der Waals surface area contributed by atoms with Gasteiger partial charge in [-0.2, -0.15) is 0 Å². The van der Waals surface area contributed by atoms with Crippen molar-refractivity contribution < 1.29 is 23.8 Å². The van der Waals surface area contributed by atoms with Crippen molar-refractivity contribution in [1.29, 1.82) is 0 Å². The normalized spacial score (nSPS) is 17.4. The van der Waals surface area contributed by atoms with Crippen molar-refractivity contribution in [3.05, 3.63) is 47.3 Å². The van der Waals surface area contributed by atoms with Gasteiger partial charge in [-0.15, -0.1) is 0 Å². The molecule has 2 unspecified atom stereocenters. The number of benzene rings is 1. The number of imidazole rings is 1. The van der Waals surface area contributed by atoms with Crippen LogP contribution in [0.5, 0.6) is 0 Å². The Bertz CT molecular complexity index is 1160. The smallest absolute Gasteiger partial charge is 0.325 e. The zero-order chi connectivity index (χ0) is 27.7. The summed E-state index contributed by atoms with van der Waals surface area (Å²) in [5.74, 6) is 1.35. The van der Waals surface area contributed by atoms with Crippen LogP contribution in [0.25, 0.3) is 16.6 Å². The van der Waals surface area contributed by atoms with Gasteiger partial charge in [0.1, 0.15) is 11.9 Å². The van der Waals surface area contributed by atoms with Crippen molar-refractivity contribution in [2.24, 2.45) is 11.8 Å². The third-order valence-corrected chi connectivity index (χ3v) is 6.71. The van der Waals surface area contributed by atoms with Crippen LogP contribution in [0.15, 0.2) is 35.9 Å². The molecule has 2 heterocycles. The summed E-state index contributed by atoms with van der Waals surface area (Å²) in [4.78, 5) is 29.8. The number of nitrogens with zero attached hydrogens (tertiary/aromatic N) is 2. The number of rotatable bonds is 14. The quantitative estimate of drug-likeness (QED) is 0.217. The molecule has 208 valence electrons. The summed E-state index contributed by atoms with van der Waals surface area (Å²) < 4.78 is 18.5. The number of aromatic nitrogens is 2. The van der Waals surface area contributed by atoms with Crippen LogP contribution in [0.1, 0.15) is 58.8 Å². The predicted octanol–water partition coefficient (Wildman–Crippen LogP) is 4.71. The second-order valence-electron chi connectivity index (χ2n) is 10.4. The molecule has 1 aliphatic rings. The fourth-order valence-corrected chi connectivity index (χ4v) is 4.51. The van der Waals surface area contributed by atoms with Crippen molar-refractivity contribution >= 4 is 28.4 Å². The number of fused-ring (bicyclic) bond motifs is 1. The van der Waals surface area contributed by atoms with Gasteiger partial charge in [-0.05, 0) is 55.5 Å². The van der Waals surface area contributed by atoms with Crippen LogP contribution in [0.4, 0.5) is 0 Å². The Morgan fingerprint density at radius 3 is 2.71 bits per heavy atom. The molecule has 0 spiro atoms. The van der Waals surface area contributed by atoms with E-state index in [0.29, 0.717) is 25.5 Å². The number of methoxy groups -OCH3 is 1. The zero-order valence-corrected chi connectivity index (χ0v) is 23.7. The molecule has 8 nitrogen and oxygen atoms in total. The Morgan fingerprint density at radius 1 is 1.29 bits per heavy atom. The third kappa shape index (κ3) is 7.85. The second kappa shape index (κ2) is 14.4. The van der Waals surface area contributed by atoms with E-state index in [4.69, 9.17) is 19.2 Å². The van der Waals surface area contributed by atoms with E-state index in [9.17, 15) is 9.59 Å². The fraction of sp³-hybridized carbons (Fsp3) is 0.567. The minimum Gasteiger partial charge on any atom is -0.464 e. The Hall–Kier alpha value is -2.81. The molecule has 8 heteroatoms. The molecule has 3 rings (SSSR count). The first-order valence-electron chi connectivity index (χ1n) is 13.6. The summed E-state index contributed by atoms with van der Waals surface area (Å²) in [7, 11) is 1.57. The van der Waals surface area contributed by atoms with Crippen LogP contribution in [0, 0.1) is 11.8 Å². The molecule has 2 aromatic rings. The van der Waals surface area contributed by atoms with Crippen LogP contribution in [0.2, 0.25) is 0 Å². The van der Waals surface area contributed by atoms with Crippen molar-refractivity contribution in [1.82, 2.24) is 14.9 Å². The van der Waals surface area contributed by atoms with E-state index in [0.717, 1.165) is 59.7 Å². The molecule has 2 atom stereocenters. The molecule has 38 heavy (non-hydrogen) atoms. The maximum atomic E-state index is 12.5. The van der Waals surface area contributed by atoms with Crippen LogP contribution in [-0.4, -0.2) is 60.9 Å². The van der Waals surface area contributed by atoms with E-state index in [2.05, 4.69) is 28.1 Å². The molecule has 1 aromatic carbocycles. The van der Waals surface area contributed by atoms with E-state index in [1.807, 2.05) is 46.8 Å². The number of Topliss-reactive ketones (excluding diaryl/α,β-unsaturated/α-hetero) is 1. The lowest BCUT2D eigenvalue weighted by Crippen LogP contribution is -2.41. The average Bonchev–Trinajstić information content (AvgIpc) is 3.55. The Balaban J connectivity index is 1.90. The monoisotopic (exact) mass is 525 g/mol. The van der Waals surface area contributed by atoms with E-state index in [1.54, 1.807) is 7.11 Å². The summed E-state index contributed by atoms with van der Waals surface area (Å²) in [5.41, 5.74) is 4.56. The lowest BCUT2D eigenvalue weighted by Gasteiger charge is -2.18. The lowest BCUT2D eigenvalue weighted by molar-refractivity contribution is -0.148. The van der Waals surface area contributed by atoms with Gasteiger partial charge in [0.2, 0.25) is 0 Å². The molecule has 1 fully saturated rings. The molecule has 0 saturated carbocycles. The summed E-state index contributed by atoms with van der Waals surface area (Å²) in [6.07, 6.45) is 5.44. The SMILES string of the molecule is C/C=C(\C=C(\C)C(=O)CC)c1nc2cc(CNC(COC)C(=O)OCC(C)C)ccc2n1CC1CCOC1. The summed E-state index contributed by atoms with van der Waals surface area (Å²) in [6, 6.07) is 5.65. The third-order valence-electron chi connectivity index (χ3n) is 6.71. The highest BCUT2D eigenvalue weighted by Gasteiger charge is 2.23. The molecule has 1 aliphatic heterocycles. The van der Waals surface area contributed by atoms with Gasteiger partial charge in [-0.3, -0.25) is 14.9 Å². The standard InChI is InChI=1S/C30H43N3O5/c1-7-24(13-21(5)28(34)8-2)29-32-25-14-22(9-10-27(25)33(29)16-23-11-12-37-18-23)15-31-26(19-36-6)30(35)38-17-20(3)4/h7,9-10,13-14,20,23,26,31H,8,11-12,15-19H2,1-6H3/b21-13-,24-7+. The Morgan fingerprint density at radius 2 is 2.08 bits per heavy atom. The van der Waals surface area contributed by atoms with E-state index >= 15 is 0 Å². The van der Waals surface area contributed by atoms with Crippen molar-refractivity contribution in [3.8, 4) is 0 Å². The van der Waals surface area contributed by atoms with Crippen LogP contribution >= 0.6 is 0 Å². The number of carbonyl (C=O) groups excluding carboxylic acids is 2. The molecule has 1 aromatic heterocycles. The highest BCUT2D eigenvalue weighted by Crippen LogP contribution is 2.27. The number of ether oxygens (including phenoxy) is 3. The molecule has 1 saturated heterocycles. The van der Waals surface area contributed by atoms with Gasteiger partial charge in [0.05, 0.1) is 30.9 Å². The largest absolute Gasteiger partial charge is 0.464 e. The first kappa shape index (κ1) is 29.7. The summed E-state index contributed by atoms with van der Waals surface area (Å²) in [5, 5.41) is 3.28. The molecular formula is C30H43N3O5. The molecule has 0 radical (unpaired) electrons. The zero-order valence-electron chi connectivity index (χ0n) is 23.7. The molecule has 0 amide bonds. The van der Waals surface area contributed by atoms with E-state index < -0.39 is 6.04 Å². The van der Waals surface area contributed by atoms with Crippen LogP contribution in [0.3, 0.4) is 0 Å². The van der Waals surface area contributed by atoms with E-state index in [1.165, 1.54) is 0 Å². The Kier molecular flexibility index (Phi) is 11.2. The van der Waals surface area contributed by atoms with Gasteiger partial charge in [-0.1, -0.05) is 32.9 Å². The highest BCUT2D eigenvalue weighted by molar-refractivity contribution is 5.97. The number of hydrogen-bond donors (Lipinski definition) is 1. The van der Waals surface area contributed by atoms with Gasteiger partial charge in [0.25, 0.3) is 0 Å². The predicted molar refractivity (Wildman–Crippen MR) is 150 cm³/mol. The molecule has 1 N–H and O–H groups in total. The van der Waals surface area contributed by atoms with Gasteiger partial charge < -0.3 is 18.8 Å². The fourth-order valence-electron chi connectivity index (χ4n) is 4.51. The van der Waals surface area contributed by atoms with E-state index in [-0.39, 0.29) is 24.3 Å². The van der Waals surface area contributed by atoms with Crippen molar-refractivity contribution in [3.63, 3.8) is 0 Å². The van der Waals surface area contributed by atoms with Gasteiger partial charge in [-0.25, -0.2) is 4.98 Å². The number of allylic oxidation sites excluding steroid dienone is 4. The number of nitrogens with one attached hydrogen (secondary N) is 1. The van der Waals surface area contributed by atoms with Gasteiger partial charge in [0, 0.05) is 44.7 Å². The lowest BCUT2D eigenvalue weighted by atomic mass is 10.1. The van der Waals surface area contributed by atoms with Gasteiger partial charge in [0.15, 0.2) is 5.78 Å². The second-order valence-corrected chi connectivity index (χ2v) is 10.4. The number of hydrogen-bond acceptors (Lipinski definition) is 7. The molecular weight excluding hydrogens is 482 g/mol. The minimum absolute atomic E-state index is 0.127. The first-order chi connectivity index (χ1) is 18.3. The summed E-state index contributed by atoms with van der Waals surface area (Å²) >= 11 is 0. The average molecular weight is 526 g/mol. The van der Waals surface area contributed by atoms with Crippen molar-refractivity contribution in [2.45, 2.75) is 66.6 Å². The summed E-state index contributed by atoms with van der Waals surface area (Å²) in [6.45, 7) is 13.1. The number of esters is 1. The minimum atomic E-state index is -0.552.